The fourth-order valence-corrected chi connectivity index (χ4v) is 0.600. The molecule has 0 aliphatic carbocycles. The number of aliphatic hydroxyl groups excluding tert-OH is 1. The lowest BCUT2D eigenvalue weighted by Crippen LogP contribution is -2.52. The third-order valence-corrected chi connectivity index (χ3v) is 1.69. The number of alkyl halides is 3. The predicted octanol–water partition coefficient (Wildman–Crippen LogP) is 0.928. The summed E-state index contributed by atoms with van der Waals surface area (Å²) in [5.41, 5.74) is -2.97. The molecule has 0 aromatic heterocycles. The zero-order valence-corrected chi connectivity index (χ0v) is 6.31. The van der Waals surface area contributed by atoms with E-state index in [1.807, 2.05) is 0 Å². The van der Waals surface area contributed by atoms with Crippen LogP contribution in [-0.4, -0.2) is 28.6 Å². The minimum atomic E-state index is -4.77. The lowest BCUT2D eigenvalue weighted by atomic mass is 9.91. The number of aliphatic hydroxyl groups is 2. The SMILES string of the molecule is CC(C)C(O)(CO)C(F)(F)F. The quantitative estimate of drug-likeness (QED) is 0.650. The van der Waals surface area contributed by atoms with E-state index in [9.17, 15) is 13.2 Å². The van der Waals surface area contributed by atoms with Gasteiger partial charge in [-0.05, 0) is 5.92 Å². The van der Waals surface area contributed by atoms with Gasteiger partial charge in [0.05, 0.1) is 6.61 Å². The van der Waals surface area contributed by atoms with E-state index in [4.69, 9.17) is 10.2 Å². The smallest absolute Gasteiger partial charge is 0.393 e. The van der Waals surface area contributed by atoms with E-state index in [1.54, 1.807) is 0 Å². The number of rotatable bonds is 2. The van der Waals surface area contributed by atoms with E-state index in [0.29, 0.717) is 0 Å². The first-order valence-electron chi connectivity index (χ1n) is 3.15. The van der Waals surface area contributed by atoms with Crippen molar-refractivity contribution < 1.29 is 23.4 Å². The molecule has 0 aromatic rings. The van der Waals surface area contributed by atoms with Gasteiger partial charge in [-0.15, -0.1) is 0 Å². The topological polar surface area (TPSA) is 40.5 Å². The minimum absolute atomic E-state index is 1.05. The molecule has 1 atom stereocenters. The van der Waals surface area contributed by atoms with Crippen LogP contribution in [0.1, 0.15) is 13.8 Å². The van der Waals surface area contributed by atoms with Crippen LogP contribution in [0, 0.1) is 5.92 Å². The van der Waals surface area contributed by atoms with Gasteiger partial charge in [0.2, 0.25) is 0 Å². The van der Waals surface area contributed by atoms with Gasteiger partial charge in [0.1, 0.15) is 0 Å². The molecule has 1 unspecified atom stereocenters. The Bertz CT molecular complexity index is 132. The maximum absolute atomic E-state index is 11.9. The molecule has 0 radical (unpaired) electrons. The van der Waals surface area contributed by atoms with Gasteiger partial charge in [0, 0.05) is 0 Å². The molecule has 0 bridgehead atoms. The van der Waals surface area contributed by atoms with E-state index in [1.165, 1.54) is 13.8 Å². The molecular weight excluding hydrogens is 161 g/mol. The molecule has 0 amide bonds. The highest BCUT2D eigenvalue weighted by atomic mass is 19.4. The van der Waals surface area contributed by atoms with Gasteiger partial charge in [0.15, 0.2) is 5.60 Å². The molecule has 2 N–H and O–H groups in total. The summed E-state index contributed by atoms with van der Waals surface area (Å²) in [5, 5.41) is 17.2. The number of hydrogen-bond acceptors (Lipinski definition) is 2. The highest BCUT2D eigenvalue weighted by Gasteiger charge is 2.55. The fourth-order valence-electron chi connectivity index (χ4n) is 0.600. The first kappa shape index (κ1) is 10.7. The zero-order valence-electron chi connectivity index (χ0n) is 6.31. The molecular formula is C6H11F3O2. The van der Waals surface area contributed by atoms with Crippen molar-refractivity contribution in [3.8, 4) is 0 Å². The van der Waals surface area contributed by atoms with Gasteiger partial charge in [0.25, 0.3) is 0 Å². The molecule has 0 saturated heterocycles. The summed E-state index contributed by atoms with van der Waals surface area (Å²) >= 11 is 0. The summed E-state index contributed by atoms with van der Waals surface area (Å²) in [5.74, 6) is -1.05. The van der Waals surface area contributed by atoms with Crippen molar-refractivity contribution in [1.82, 2.24) is 0 Å². The summed E-state index contributed by atoms with van der Waals surface area (Å²) in [4.78, 5) is 0. The predicted molar refractivity (Wildman–Crippen MR) is 32.9 cm³/mol. The van der Waals surface area contributed by atoms with Crippen LogP contribution in [0.4, 0.5) is 13.2 Å². The molecule has 0 aromatic carbocycles. The van der Waals surface area contributed by atoms with Crippen LogP contribution in [0.15, 0.2) is 0 Å². The van der Waals surface area contributed by atoms with Gasteiger partial charge in [-0.2, -0.15) is 13.2 Å². The lowest BCUT2D eigenvalue weighted by Gasteiger charge is -2.31. The molecule has 11 heavy (non-hydrogen) atoms. The largest absolute Gasteiger partial charge is 0.419 e. The third-order valence-electron chi connectivity index (χ3n) is 1.69. The van der Waals surface area contributed by atoms with Crippen molar-refractivity contribution in [3.63, 3.8) is 0 Å². The highest BCUT2D eigenvalue weighted by Crippen LogP contribution is 2.35. The molecule has 0 fully saturated rings. The maximum Gasteiger partial charge on any atom is 0.419 e. The number of halogens is 3. The summed E-state index contributed by atoms with van der Waals surface area (Å²) in [6.45, 7) is 1.10. The molecule has 68 valence electrons. The highest BCUT2D eigenvalue weighted by molar-refractivity contribution is 4.88. The van der Waals surface area contributed by atoms with Crippen molar-refractivity contribution in [2.75, 3.05) is 6.61 Å². The van der Waals surface area contributed by atoms with Crippen molar-refractivity contribution in [2.45, 2.75) is 25.6 Å². The zero-order chi connectivity index (χ0) is 9.28. The van der Waals surface area contributed by atoms with Crippen LogP contribution < -0.4 is 0 Å². The maximum atomic E-state index is 11.9. The van der Waals surface area contributed by atoms with E-state index < -0.39 is 24.3 Å². The molecule has 0 aliphatic heterocycles. The van der Waals surface area contributed by atoms with E-state index in [0.717, 1.165) is 0 Å². The van der Waals surface area contributed by atoms with Gasteiger partial charge in [-0.3, -0.25) is 0 Å². The van der Waals surface area contributed by atoms with Gasteiger partial charge >= 0.3 is 6.18 Å². The average molecular weight is 172 g/mol. The standard InChI is InChI=1S/C6H11F3O2/c1-4(2)5(11,3-10)6(7,8)9/h4,10-11H,3H2,1-2H3. The first-order chi connectivity index (χ1) is 4.75. The van der Waals surface area contributed by atoms with Crippen LogP contribution in [0.25, 0.3) is 0 Å². The fraction of sp³-hybridized carbons (Fsp3) is 1.00. The molecule has 2 nitrogen and oxygen atoms in total. The summed E-state index contributed by atoms with van der Waals surface area (Å²) in [6.07, 6.45) is -4.77. The second kappa shape index (κ2) is 2.98. The van der Waals surface area contributed by atoms with Crippen molar-refractivity contribution >= 4 is 0 Å². The summed E-state index contributed by atoms with van der Waals surface area (Å²) < 4.78 is 35.8. The van der Waals surface area contributed by atoms with Crippen LogP contribution in [0.3, 0.4) is 0 Å². The monoisotopic (exact) mass is 172 g/mol. The van der Waals surface area contributed by atoms with Gasteiger partial charge in [-0.1, -0.05) is 13.8 Å². The second-order valence-corrected chi connectivity index (χ2v) is 2.73. The molecule has 5 heteroatoms. The Kier molecular flexibility index (Phi) is 2.91. The Hall–Kier alpha value is -0.290. The van der Waals surface area contributed by atoms with Crippen molar-refractivity contribution in [2.24, 2.45) is 5.92 Å². The van der Waals surface area contributed by atoms with E-state index in [-0.39, 0.29) is 0 Å². The van der Waals surface area contributed by atoms with Crippen LogP contribution in [0.2, 0.25) is 0 Å². The van der Waals surface area contributed by atoms with Crippen LogP contribution in [-0.2, 0) is 0 Å². The summed E-state index contributed by atoms with van der Waals surface area (Å²) in [7, 11) is 0. The second-order valence-electron chi connectivity index (χ2n) is 2.73. The number of hydrogen-bond donors (Lipinski definition) is 2. The Balaban J connectivity index is 4.61. The van der Waals surface area contributed by atoms with Gasteiger partial charge < -0.3 is 10.2 Å². The van der Waals surface area contributed by atoms with Crippen molar-refractivity contribution in [1.29, 1.82) is 0 Å². The molecule has 0 spiro atoms. The lowest BCUT2D eigenvalue weighted by molar-refractivity contribution is -0.286. The van der Waals surface area contributed by atoms with Gasteiger partial charge in [-0.25, -0.2) is 0 Å². The molecule has 0 heterocycles. The average Bonchev–Trinajstić information content (AvgIpc) is 1.83. The molecule has 0 saturated carbocycles. The molecule has 0 rings (SSSR count). The third kappa shape index (κ3) is 1.84. The van der Waals surface area contributed by atoms with Crippen LogP contribution >= 0.6 is 0 Å². The Morgan fingerprint density at radius 3 is 1.64 bits per heavy atom. The van der Waals surface area contributed by atoms with Crippen molar-refractivity contribution in [3.05, 3.63) is 0 Å². The van der Waals surface area contributed by atoms with E-state index in [2.05, 4.69) is 0 Å². The summed E-state index contributed by atoms with van der Waals surface area (Å²) in [6, 6.07) is 0. The normalized spacial score (nSPS) is 18.5. The molecule has 0 aliphatic rings. The Labute approximate surface area is 62.6 Å². The minimum Gasteiger partial charge on any atom is -0.393 e. The first-order valence-corrected chi connectivity index (χ1v) is 3.15. The van der Waals surface area contributed by atoms with E-state index >= 15 is 0 Å². The Morgan fingerprint density at radius 2 is 1.64 bits per heavy atom. The Morgan fingerprint density at radius 1 is 1.27 bits per heavy atom. The van der Waals surface area contributed by atoms with Crippen LogP contribution in [0.5, 0.6) is 0 Å².